The zero-order valence-corrected chi connectivity index (χ0v) is 12.6. The Hall–Kier alpha value is -2.18. The largest absolute Gasteiger partial charge is 0.398 e. The van der Waals surface area contributed by atoms with Crippen molar-refractivity contribution in [1.82, 2.24) is 0 Å². The van der Waals surface area contributed by atoms with Crippen LogP contribution in [0.2, 0.25) is 5.02 Å². The maximum Gasteiger partial charge on any atom is 0.0992 e. The van der Waals surface area contributed by atoms with Crippen molar-refractivity contribution in [2.75, 3.05) is 17.2 Å². The number of benzene rings is 2. The van der Waals surface area contributed by atoms with Gasteiger partial charge in [-0.25, -0.2) is 0 Å². The normalized spacial score (nSPS) is 13.1. The predicted molar refractivity (Wildman–Crippen MR) is 86.5 cm³/mol. The lowest BCUT2D eigenvalue weighted by Crippen LogP contribution is -2.20. The second-order valence-electron chi connectivity index (χ2n) is 5.43. The van der Waals surface area contributed by atoms with Crippen LogP contribution in [0, 0.1) is 18.3 Å². The first-order valence-corrected chi connectivity index (χ1v) is 7.29. The van der Waals surface area contributed by atoms with Gasteiger partial charge in [0.15, 0.2) is 0 Å². The van der Waals surface area contributed by atoms with Crippen LogP contribution >= 0.6 is 11.6 Å². The first-order valence-electron chi connectivity index (χ1n) is 6.91. The number of nitrogen functional groups attached to an aromatic ring is 1. The second-order valence-corrected chi connectivity index (χ2v) is 5.83. The van der Waals surface area contributed by atoms with Crippen molar-refractivity contribution >= 4 is 23.0 Å². The van der Waals surface area contributed by atoms with Gasteiger partial charge in [0.25, 0.3) is 0 Å². The van der Waals surface area contributed by atoms with E-state index in [-0.39, 0.29) is 0 Å². The van der Waals surface area contributed by atoms with Gasteiger partial charge in [0.2, 0.25) is 0 Å². The van der Waals surface area contributed by atoms with E-state index in [2.05, 4.69) is 23.1 Å². The van der Waals surface area contributed by atoms with E-state index in [4.69, 9.17) is 22.6 Å². The minimum atomic E-state index is 0.588. The molecule has 3 nitrogen and oxygen atoms in total. The minimum absolute atomic E-state index is 0.588. The lowest BCUT2D eigenvalue weighted by molar-refractivity contribution is 0.836. The molecule has 0 bridgehead atoms. The zero-order chi connectivity index (χ0) is 15.0. The average molecular weight is 298 g/mol. The van der Waals surface area contributed by atoms with Gasteiger partial charge in [0.1, 0.15) is 0 Å². The highest BCUT2D eigenvalue weighted by molar-refractivity contribution is 6.31. The molecule has 0 spiro atoms. The molecule has 21 heavy (non-hydrogen) atoms. The van der Waals surface area contributed by atoms with Gasteiger partial charge in [-0.2, -0.15) is 5.26 Å². The molecule has 2 N–H and O–H groups in total. The van der Waals surface area contributed by atoms with Crippen LogP contribution in [0.25, 0.3) is 0 Å². The fraction of sp³-hybridized carbons (Fsp3) is 0.235. The molecule has 0 fully saturated rings. The lowest BCUT2D eigenvalue weighted by Gasteiger charge is -2.21. The molecule has 4 heteroatoms. The Morgan fingerprint density at radius 3 is 2.86 bits per heavy atom. The number of hydrogen-bond donors (Lipinski definition) is 1. The van der Waals surface area contributed by atoms with E-state index in [0.717, 1.165) is 36.3 Å². The summed E-state index contributed by atoms with van der Waals surface area (Å²) in [5.74, 6) is 0. The molecule has 2 aromatic rings. The van der Waals surface area contributed by atoms with E-state index in [1.165, 1.54) is 11.3 Å². The first-order chi connectivity index (χ1) is 10.1. The van der Waals surface area contributed by atoms with Gasteiger partial charge in [0.05, 0.1) is 11.6 Å². The number of aryl methyl sites for hydroxylation is 1. The van der Waals surface area contributed by atoms with Crippen LogP contribution in [0.5, 0.6) is 0 Å². The number of nitrogens with zero attached hydrogens (tertiary/aromatic N) is 2. The average Bonchev–Trinajstić information content (AvgIpc) is 2.84. The molecule has 0 aromatic heterocycles. The van der Waals surface area contributed by atoms with E-state index in [9.17, 15) is 0 Å². The summed E-state index contributed by atoms with van der Waals surface area (Å²) in [7, 11) is 0. The standard InChI is InChI=1S/C17H16ClN3/c1-11-6-13-4-5-21(17(13)8-16(11)20)10-14-3-2-12(9-19)7-15(14)18/h2-3,6-8H,4-5,10,20H2,1H3. The predicted octanol–water partition coefficient (Wildman–Crippen LogP) is 3.67. The van der Waals surface area contributed by atoms with Crippen molar-refractivity contribution in [3.05, 3.63) is 57.6 Å². The molecule has 2 aromatic carbocycles. The Balaban J connectivity index is 1.89. The molecule has 0 unspecified atom stereocenters. The molecule has 0 aliphatic carbocycles. The number of nitriles is 1. The fourth-order valence-corrected chi connectivity index (χ4v) is 3.00. The van der Waals surface area contributed by atoms with Gasteiger partial charge in [-0.1, -0.05) is 23.7 Å². The van der Waals surface area contributed by atoms with Crippen molar-refractivity contribution in [1.29, 1.82) is 5.26 Å². The highest BCUT2D eigenvalue weighted by Gasteiger charge is 2.21. The molecule has 0 saturated carbocycles. The van der Waals surface area contributed by atoms with Gasteiger partial charge in [0, 0.05) is 29.5 Å². The molecule has 1 aliphatic rings. The van der Waals surface area contributed by atoms with E-state index in [1.807, 2.05) is 19.1 Å². The van der Waals surface area contributed by atoms with E-state index in [1.54, 1.807) is 6.07 Å². The molecular formula is C17H16ClN3. The maximum absolute atomic E-state index is 8.89. The quantitative estimate of drug-likeness (QED) is 0.861. The SMILES string of the molecule is Cc1cc2c(cc1N)N(Cc1ccc(C#N)cc1Cl)CC2. The maximum atomic E-state index is 8.89. The summed E-state index contributed by atoms with van der Waals surface area (Å²) < 4.78 is 0. The number of rotatable bonds is 2. The summed E-state index contributed by atoms with van der Waals surface area (Å²) in [6.07, 6.45) is 1.03. The monoisotopic (exact) mass is 297 g/mol. The van der Waals surface area contributed by atoms with Crippen molar-refractivity contribution < 1.29 is 0 Å². The summed E-state index contributed by atoms with van der Waals surface area (Å²) in [6, 6.07) is 11.8. The van der Waals surface area contributed by atoms with Crippen LogP contribution in [-0.2, 0) is 13.0 Å². The Labute approximate surface area is 129 Å². The van der Waals surface area contributed by atoms with Crippen LogP contribution in [0.4, 0.5) is 11.4 Å². The third-order valence-electron chi connectivity index (χ3n) is 4.00. The topological polar surface area (TPSA) is 53.0 Å². The Morgan fingerprint density at radius 1 is 1.33 bits per heavy atom. The van der Waals surface area contributed by atoms with Gasteiger partial charge in [-0.05, 0) is 48.2 Å². The molecule has 1 aliphatic heterocycles. The van der Waals surface area contributed by atoms with E-state index < -0.39 is 0 Å². The molecule has 0 amide bonds. The summed E-state index contributed by atoms with van der Waals surface area (Å²) >= 11 is 6.27. The Kier molecular flexibility index (Phi) is 3.48. The molecule has 1 heterocycles. The van der Waals surface area contributed by atoms with Gasteiger partial charge in [-0.15, -0.1) is 0 Å². The molecule has 3 rings (SSSR count). The van der Waals surface area contributed by atoms with Crippen molar-refractivity contribution in [2.24, 2.45) is 0 Å². The number of hydrogen-bond acceptors (Lipinski definition) is 3. The third-order valence-corrected chi connectivity index (χ3v) is 4.35. The second kappa shape index (κ2) is 5.31. The number of fused-ring (bicyclic) bond motifs is 1. The molecule has 0 atom stereocenters. The smallest absolute Gasteiger partial charge is 0.0992 e. The van der Waals surface area contributed by atoms with Gasteiger partial charge >= 0.3 is 0 Å². The summed E-state index contributed by atoms with van der Waals surface area (Å²) in [4.78, 5) is 2.29. The zero-order valence-electron chi connectivity index (χ0n) is 11.9. The van der Waals surface area contributed by atoms with Crippen molar-refractivity contribution in [2.45, 2.75) is 19.9 Å². The molecular weight excluding hydrogens is 282 g/mol. The van der Waals surface area contributed by atoms with E-state index in [0.29, 0.717) is 10.6 Å². The minimum Gasteiger partial charge on any atom is -0.398 e. The summed E-state index contributed by atoms with van der Waals surface area (Å²) in [5.41, 5.74) is 12.1. The molecule has 0 radical (unpaired) electrons. The van der Waals surface area contributed by atoms with Gasteiger partial charge < -0.3 is 10.6 Å². The fourth-order valence-electron chi connectivity index (χ4n) is 2.76. The molecule has 0 saturated heterocycles. The number of nitrogens with two attached hydrogens (primary N) is 1. The van der Waals surface area contributed by atoms with Crippen molar-refractivity contribution in [3.8, 4) is 6.07 Å². The van der Waals surface area contributed by atoms with Crippen LogP contribution in [-0.4, -0.2) is 6.54 Å². The molecule has 106 valence electrons. The Morgan fingerprint density at radius 2 is 2.14 bits per heavy atom. The Bertz CT molecular complexity index is 746. The van der Waals surface area contributed by atoms with Crippen LogP contribution in [0.3, 0.4) is 0 Å². The summed E-state index contributed by atoms with van der Waals surface area (Å²) in [6.45, 7) is 3.74. The van der Waals surface area contributed by atoms with Crippen molar-refractivity contribution in [3.63, 3.8) is 0 Å². The number of halogens is 1. The summed E-state index contributed by atoms with van der Waals surface area (Å²) in [5, 5.41) is 9.53. The third kappa shape index (κ3) is 2.55. The van der Waals surface area contributed by atoms with Crippen LogP contribution in [0.1, 0.15) is 22.3 Å². The van der Waals surface area contributed by atoms with Crippen LogP contribution in [0.15, 0.2) is 30.3 Å². The van der Waals surface area contributed by atoms with Crippen LogP contribution < -0.4 is 10.6 Å². The highest BCUT2D eigenvalue weighted by Crippen LogP contribution is 2.34. The van der Waals surface area contributed by atoms with Gasteiger partial charge in [-0.3, -0.25) is 0 Å². The van der Waals surface area contributed by atoms with E-state index >= 15 is 0 Å². The lowest BCUT2D eigenvalue weighted by atomic mass is 10.1. The first kappa shape index (κ1) is 13.8. The highest BCUT2D eigenvalue weighted by atomic mass is 35.5. The number of anilines is 2.